The second-order valence-electron chi connectivity index (χ2n) is 18.0. The van der Waals surface area contributed by atoms with Crippen LogP contribution in [-0.2, 0) is 28.4 Å². The lowest BCUT2D eigenvalue weighted by Gasteiger charge is -2.60. The van der Waals surface area contributed by atoms with Gasteiger partial charge in [0, 0.05) is 30.1 Å². The Morgan fingerprint density at radius 3 is 2.33 bits per heavy atom. The Hall–Kier alpha value is -0.780. The van der Waals surface area contributed by atoms with E-state index in [9.17, 15) is 35.7 Å². The molecule has 22 atom stereocenters. The first kappa shape index (κ1) is 37.2. The van der Waals surface area contributed by atoms with Crippen molar-refractivity contribution in [1.29, 1.82) is 0 Å². The van der Waals surface area contributed by atoms with Crippen molar-refractivity contribution in [3.63, 3.8) is 0 Å². The summed E-state index contributed by atoms with van der Waals surface area (Å²) in [6, 6.07) is 0. The number of aliphatic hydroxyl groups excluding tert-OH is 7. The molecular weight excluding hydrogens is 664 g/mol. The molecular formula is C38H60O13. The van der Waals surface area contributed by atoms with Crippen LogP contribution >= 0.6 is 0 Å². The number of hydrogen-bond donors (Lipinski definition) is 7. The Morgan fingerprint density at radius 2 is 1.59 bits per heavy atom. The van der Waals surface area contributed by atoms with Gasteiger partial charge in [-0.1, -0.05) is 39.3 Å². The summed E-state index contributed by atoms with van der Waals surface area (Å²) in [4.78, 5) is 0. The van der Waals surface area contributed by atoms with Gasteiger partial charge < -0.3 is 64.2 Å². The molecule has 7 fully saturated rings. The molecule has 0 amide bonds. The molecule has 13 nitrogen and oxygen atoms in total. The highest BCUT2D eigenvalue weighted by molar-refractivity contribution is 5.29. The van der Waals surface area contributed by atoms with Gasteiger partial charge in [0.2, 0.25) is 0 Å². The van der Waals surface area contributed by atoms with Crippen LogP contribution in [0, 0.1) is 46.3 Å². The predicted molar refractivity (Wildman–Crippen MR) is 178 cm³/mol. The molecule has 0 aromatic carbocycles. The fourth-order valence-corrected chi connectivity index (χ4v) is 12.4. The quantitative estimate of drug-likeness (QED) is 0.203. The second-order valence-corrected chi connectivity index (χ2v) is 18.0. The molecule has 4 aliphatic heterocycles. The number of aliphatic hydroxyl groups is 7. The summed E-state index contributed by atoms with van der Waals surface area (Å²) in [5.41, 5.74) is 0.759. The van der Waals surface area contributed by atoms with Crippen molar-refractivity contribution in [2.75, 3.05) is 13.2 Å². The van der Waals surface area contributed by atoms with Gasteiger partial charge in [-0.05, 0) is 68.1 Å². The van der Waals surface area contributed by atoms with Gasteiger partial charge in [0.15, 0.2) is 18.4 Å². The third-order valence-corrected chi connectivity index (χ3v) is 15.4. The molecule has 0 aromatic heterocycles. The molecule has 51 heavy (non-hydrogen) atoms. The lowest BCUT2D eigenvalue weighted by atomic mass is 9.46. The van der Waals surface area contributed by atoms with Crippen molar-refractivity contribution in [1.82, 2.24) is 0 Å². The van der Waals surface area contributed by atoms with Gasteiger partial charge >= 0.3 is 0 Å². The maximum atomic E-state index is 11.1. The average molecular weight is 725 g/mol. The Labute approximate surface area is 300 Å². The van der Waals surface area contributed by atoms with Gasteiger partial charge in [-0.15, -0.1) is 0 Å². The summed E-state index contributed by atoms with van der Waals surface area (Å²) < 4.78 is 37.8. The molecule has 4 saturated heterocycles. The van der Waals surface area contributed by atoms with Crippen LogP contribution in [0.5, 0.6) is 0 Å². The van der Waals surface area contributed by atoms with Crippen LogP contribution in [0.4, 0.5) is 0 Å². The first-order valence-corrected chi connectivity index (χ1v) is 19.4. The molecule has 0 bridgehead atoms. The van der Waals surface area contributed by atoms with Crippen molar-refractivity contribution in [3.8, 4) is 0 Å². The Morgan fingerprint density at radius 1 is 0.824 bits per heavy atom. The van der Waals surface area contributed by atoms with Gasteiger partial charge in [0.25, 0.3) is 0 Å². The fraction of sp³-hybridized carbons (Fsp3) is 0.947. The summed E-state index contributed by atoms with van der Waals surface area (Å²) in [6.07, 6.45) is -5.94. The highest BCUT2D eigenvalue weighted by Crippen LogP contribution is 2.71. The number of ether oxygens (including phenoxy) is 6. The molecule has 7 N–H and O–H groups in total. The summed E-state index contributed by atoms with van der Waals surface area (Å²) in [7, 11) is 0. The van der Waals surface area contributed by atoms with Gasteiger partial charge in [-0.25, -0.2) is 0 Å². The number of allylic oxidation sites excluding steroid dienone is 1. The van der Waals surface area contributed by atoms with Gasteiger partial charge in [0.1, 0.15) is 36.6 Å². The smallest absolute Gasteiger partial charge is 0.187 e. The summed E-state index contributed by atoms with van der Waals surface area (Å²) in [5.74, 6) is 0.859. The number of hydrogen-bond acceptors (Lipinski definition) is 13. The first-order valence-electron chi connectivity index (χ1n) is 19.4. The van der Waals surface area contributed by atoms with Gasteiger partial charge in [0.05, 0.1) is 43.7 Å². The van der Waals surface area contributed by atoms with Crippen LogP contribution in [-0.4, -0.2) is 134 Å². The summed E-state index contributed by atoms with van der Waals surface area (Å²) in [5, 5.41) is 75.0. The van der Waals surface area contributed by atoms with Crippen LogP contribution in [0.1, 0.15) is 79.6 Å². The highest BCUT2D eigenvalue weighted by Gasteiger charge is 2.70. The van der Waals surface area contributed by atoms with E-state index in [4.69, 9.17) is 28.4 Å². The molecule has 4 aliphatic carbocycles. The molecule has 13 heteroatoms. The Kier molecular flexibility index (Phi) is 9.60. The molecule has 290 valence electrons. The van der Waals surface area contributed by atoms with Gasteiger partial charge in [-0.2, -0.15) is 0 Å². The molecule has 3 saturated carbocycles. The zero-order valence-corrected chi connectivity index (χ0v) is 30.5. The summed E-state index contributed by atoms with van der Waals surface area (Å²) >= 11 is 0. The van der Waals surface area contributed by atoms with Crippen molar-refractivity contribution in [2.24, 2.45) is 46.3 Å². The average Bonchev–Trinajstić information content (AvgIpc) is 3.53. The van der Waals surface area contributed by atoms with E-state index in [2.05, 4.69) is 26.8 Å². The van der Waals surface area contributed by atoms with E-state index < -0.39 is 84.8 Å². The topological polar surface area (TPSA) is 197 Å². The zero-order valence-electron chi connectivity index (χ0n) is 30.5. The maximum Gasteiger partial charge on any atom is 0.187 e. The first-order chi connectivity index (χ1) is 24.1. The van der Waals surface area contributed by atoms with Crippen molar-refractivity contribution in [3.05, 3.63) is 11.6 Å². The monoisotopic (exact) mass is 724 g/mol. The molecule has 0 radical (unpaired) electrons. The second kappa shape index (κ2) is 13.2. The van der Waals surface area contributed by atoms with E-state index in [1.165, 1.54) is 12.5 Å². The molecule has 4 heterocycles. The van der Waals surface area contributed by atoms with Crippen LogP contribution < -0.4 is 0 Å². The fourth-order valence-electron chi connectivity index (χ4n) is 12.4. The lowest BCUT2D eigenvalue weighted by molar-refractivity contribution is -0.362. The van der Waals surface area contributed by atoms with E-state index >= 15 is 0 Å². The Bertz CT molecular complexity index is 1330. The minimum Gasteiger partial charge on any atom is -0.393 e. The van der Waals surface area contributed by atoms with E-state index in [0.29, 0.717) is 43.6 Å². The number of fused-ring (bicyclic) bond motifs is 7. The van der Waals surface area contributed by atoms with Crippen molar-refractivity contribution in [2.45, 2.75) is 165 Å². The minimum absolute atomic E-state index is 0.0418. The molecule has 1 spiro atoms. The third-order valence-electron chi connectivity index (χ3n) is 15.4. The lowest BCUT2D eigenvalue weighted by Crippen LogP contribution is -2.63. The van der Waals surface area contributed by atoms with Crippen LogP contribution in [0.25, 0.3) is 0 Å². The maximum absolute atomic E-state index is 11.1. The molecule has 0 aromatic rings. The minimum atomic E-state index is -1.62. The Balaban J connectivity index is 1.04. The van der Waals surface area contributed by atoms with Crippen LogP contribution in [0.3, 0.4) is 0 Å². The SMILES string of the molecule is C[C@@H]1O[C@@H](O[C@H]2[C@H](O[C@@H]3C[C@H](O)CC4=CC[C@H]5[C@@H]6C[C@@H]7O[C@]8(C[C@H](O)[C@@H](C)CO8)[C@@H](C)[C@@H]7[C@@]6(C)CC[C@@H]5[C@]43C)OC[C@@H](O)[C@@H]2O)[C@H](O)[C@H](O)[C@H]1O. The highest BCUT2D eigenvalue weighted by atomic mass is 16.8. The van der Waals surface area contributed by atoms with Gasteiger partial charge in [-0.3, -0.25) is 0 Å². The number of rotatable bonds is 4. The van der Waals surface area contributed by atoms with Crippen LogP contribution in [0.2, 0.25) is 0 Å². The predicted octanol–water partition coefficient (Wildman–Crippen LogP) is 0.971. The van der Waals surface area contributed by atoms with Crippen molar-refractivity contribution >= 4 is 0 Å². The summed E-state index contributed by atoms with van der Waals surface area (Å²) in [6.45, 7) is 10.8. The normalized spacial score (nSPS) is 59.8. The standard InChI is InChI=1S/C38H60O13/c1-16-14-47-38(13-24(16)40)17(2)28-26(51-38)12-23-21-7-6-19-10-20(39)11-27(37(19,5)22(21)8-9-36(23,28)4)49-35-33(30(43)25(41)15-46-35)50-34-32(45)31(44)29(42)18(3)48-34/h6,16-18,20-35,39-45H,7-15H2,1-5H3/t16-,17-,18-,20+,21+,22-,23-,24-,25+,26-,27+,28-,29-,30-,31+,32+,33+,34-,35-,36-,37-,38+/m0/s1. The van der Waals surface area contributed by atoms with E-state index in [1.807, 2.05) is 6.92 Å². The van der Waals surface area contributed by atoms with E-state index in [1.54, 1.807) is 0 Å². The van der Waals surface area contributed by atoms with Crippen molar-refractivity contribution < 1.29 is 64.2 Å². The van der Waals surface area contributed by atoms with E-state index in [-0.39, 0.29) is 35.9 Å². The molecule has 8 aliphatic rings. The molecule has 8 rings (SSSR count). The molecule has 0 unspecified atom stereocenters. The van der Waals surface area contributed by atoms with Crippen LogP contribution in [0.15, 0.2) is 11.6 Å². The van der Waals surface area contributed by atoms with E-state index in [0.717, 1.165) is 25.7 Å². The largest absolute Gasteiger partial charge is 0.393 e. The third kappa shape index (κ3) is 5.66. The zero-order chi connectivity index (χ0) is 36.4.